The lowest BCUT2D eigenvalue weighted by molar-refractivity contribution is -0.387. The van der Waals surface area contributed by atoms with Crippen molar-refractivity contribution in [3.8, 4) is 0 Å². The van der Waals surface area contributed by atoms with E-state index in [0.717, 1.165) is 17.8 Å². The van der Waals surface area contributed by atoms with Crippen molar-refractivity contribution < 1.29 is 9.31 Å². The van der Waals surface area contributed by atoms with Crippen LogP contribution in [0.2, 0.25) is 0 Å². The lowest BCUT2D eigenvalue weighted by atomic mass is 10.2. The fourth-order valence-corrected chi connectivity index (χ4v) is 2.86. The molecule has 0 aliphatic carbocycles. The summed E-state index contributed by atoms with van der Waals surface area (Å²) in [6.45, 7) is 3.66. The average Bonchev–Trinajstić information content (AvgIpc) is 2.78. The summed E-state index contributed by atoms with van der Waals surface area (Å²) < 4.78 is 15.4. The molecule has 9 heteroatoms. The highest BCUT2D eigenvalue weighted by atomic mass is 32.2. The van der Waals surface area contributed by atoms with Crippen LogP contribution in [0.4, 0.5) is 10.1 Å². The van der Waals surface area contributed by atoms with Crippen molar-refractivity contribution in [2.45, 2.75) is 30.8 Å². The van der Waals surface area contributed by atoms with Crippen LogP contribution in [-0.2, 0) is 5.75 Å². The van der Waals surface area contributed by atoms with Gasteiger partial charge < -0.3 is 0 Å². The molecule has 0 bridgehead atoms. The van der Waals surface area contributed by atoms with Gasteiger partial charge in [-0.25, -0.2) is 9.89 Å². The monoisotopic (exact) mass is 312 g/mol. The van der Waals surface area contributed by atoms with Gasteiger partial charge in [-0.3, -0.25) is 14.7 Å². The van der Waals surface area contributed by atoms with E-state index in [0.29, 0.717) is 5.16 Å². The van der Waals surface area contributed by atoms with Gasteiger partial charge in [-0.15, -0.1) is 5.10 Å². The molecule has 0 amide bonds. The molecule has 0 atom stereocenters. The molecule has 1 aromatic heterocycles. The van der Waals surface area contributed by atoms with Gasteiger partial charge in [0.15, 0.2) is 5.16 Å². The van der Waals surface area contributed by atoms with E-state index in [4.69, 9.17) is 0 Å². The molecule has 0 aliphatic rings. The van der Waals surface area contributed by atoms with Crippen LogP contribution in [0, 0.1) is 15.9 Å². The van der Waals surface area contributed by atoms with Crippen LogP contribution in [0.15, 0.2) is 28.2 Å². The number of nitrogens with one attached hydrogen (secondary N) is 1. The van der Waals surface area contributed by atoms with Gasteiger partial charge in [0.05, 0.1) is 4.92 Å². The quantitative estimate of drug-likeness (QED) is 0.520. The Kier molecular flexibility index (Phi) is 4.41. The number of benzene rings is 1. The molecule has 0 unspecified atom stereocenters. The maximum Gasteiger partial charge on any atom is 0.344 e. The van der Waals surface area contributed by atoms with Crippen LogP contribution >= 0.6 is 11.8 Å². The highest BCUT2D eigenvalue weighted by molar-refractivity contribution is 7.98. The first-order valence-corrected chi connectivity index (χ1v) is 7.12. The van der Waals surface area contributed by atoms with E-state index < -0.39 is 16.4 Å². The number of aromatic amines is 1. The van der Waals surface area contributed by atoms with Crippen molar-refractivity contribution in [3.63, 3.8) is 0 Å². The number of thioether (sulfide) groups is 1. The second-order valence-electron chi connectivity index (χ2n) is 4.57. The van der Waals surface area contributed by atoms with Crippen molar-refractivity contribution in [3.05, 3.63) is 50.2 Å². The van der Waals surface area contributed by atoms with Crippen molar-refractivity contribution in [1.82, 2.24) is 14.8 Å². The minimum absolute atomic E-state index is 0.0892. The minimum Gasteiger partial charge on any atom is -0.268 e. The molecule has 0 radical (unpaired) electrons. The number of aromatic nitrogens is 3. The zero-order valence-electron chi connectivity index (χ0n) is 11.4. The molecule has 7 nitrogen and oxygen atoms in total. The van der Waals surface area contributed by atoms with E-state index in [-0.39, 0.29) is 23.0 Å². The molecule has 1 N–H and O–H groups in total. The predicted molar refractivity (Wildman–Crippen MR) is 75.8 cm³/mol. The first-order chi connectivity index (χ1) is 9.91. The van der Waals surface area contributed by atoms with Crippen LogP contribution in [0.25, 0.3) is 0 Å². The van der Waals surface area contributed by atoms with E-state index in [1.807, 2.05) is 13.8 Å². The third-order valence-electron chi connectivity index (χ3n) is 2.80. The van der Waals surface area contributed by atoms with Gasteiger partial charge in [-0.2, -0.15) is 4.39 Å². The standard InChI is InChI=1S/C12H13FN4O3S/c1-7(2)16-11(18)14-15-12(16)21-6-8-4-3-5-9(10(8)13)17(19)20/h3-5,7H,6H2,1-2H3,(H,14,18). The SMILES string of the molecule is CC(C)n1c(SCc2cccc([N+](=O)[O-])c2F)n[nH]c1=O. The fraction of sp³-hybridized carbons (Fsp3) is 0.333. The summed E-state index contributed by atoms with van der Waals surface area (Å²) in [5.41, 5.74) is -0.705. The highest BCUT2D eigenvalue weighted by Gasteiger charge is 2.18. The third-order valence-corrected chi connectivity index (χ3v) is 3.80. The smallest absolute Gasteiger partial charge is 0.268 e. The Bertz CT molecular complexity index is 726. The topological polar surface area (TPSA) is 93.8 Å². The molecule has 0 saturated carbocycles. The number of nitrogens with zero attached hydrogens (tertiary/aromatic N) is 3. The van der Waals surface area contributed by atoms with Gasteiger partial charge in [-0.1, -0.05) is 23.9 Å². The molecule has 112 valence electrons. The summed E-state index contributed by atoms with van der Waals surface area (Å²) in [5, 5.41) is 17.3. The van der Waals surface area contributed by atoms with E-state index in [9.17, 15) is 19.3 Å². The number of H-pyrrole nitrogens is 1. The number of nitro benzene ring substituents is 1. The maximum absolute atomic E-state index is 13.9. The lowest BCUT2D eigenvalue weighted by Crippen LogP contribution is -2.19. The van der Waals surface area contributed by atoms with Gasteiger partial charge in [0.25, 0.3) is 0 Å². The van der Waals surface area contributed by atoms with Crippen LogP contribution in [0.3, 0.4) is 0 Å². The Morgan fingerprint density at radius 3 is 2.86 bits per heavy atom. The summed E-state index contributed by atoms with van der Waals surface area (Å²) in [5.74, 6) is -0.714. The fourth-order valence-electron chi connectivity index (χ4n) is 1.81. The second-order valence-corrected chi connectivity index (χ2v) is 5.51. The molecule has 2 aromatic rings. The van der Waals surface area contributed by atoms with Gasteiger partial charge in [0.1, 0.15) is 0 Å². The van der Waals surface area contributed by atoms with Gasteiger partial charge >= 0.3 is 11.4 Å². The first kappa shape index (κ1) is 15.2. The second kappa shape index (κ2) is 6.08. The predicted octanol–water partition coefficient (Wildman–Crippen LogP) is 2.49. The van der Waals surface area contributed by atoms with Gasteiger partial charge in [-0.05, 0) is 13.8 Å². The highest BCUT2D eigenvalue weighted by Crippen LogP contribution is 2.27. The number of rotatable bonds is 5. The van der Waals surface area contributed by atoms with Crippen molar-refractivity contribution in [2.24, 2.45) is 0 Å². The van der Waals surface area contributed by atoms with E-state index in [1.54, 1.807) is 0 Å². The summed E-state index contributed by atoms with van der Waals surface area (Å²) in [7, 11) is 0. The minimum atomic E-state index is -0.857. The van der Waals surface area contributed by atoms with Gasteiger partial charge in [0.2, 0.25) is 5.82 Å². The number of nitro groups is 1. The van der Waals surface area contributed by atoms with E-state index >= 15 is 0 Å². The largest absolute Gasteiger partial charge is 0.344 e. The summed E-state index contributed by atoms with van der Waals surface area (Å²) in [6, 6.07) is 3.92. The molecule has 1 heterocycles. The lowest BCUT2D eigenvalue weighted by Gasteiger charge is -2.08. The van der Waals surface area contributed by atoms with Crippen LogP contribution in [0.1, 0.15) is 25.5 Å². The van der Waals surface area contributed by atoms with Crippen molar-refractivity contribution in [2.75, 3.05) is 0 Å². The Labute approximate surface area is 123 Å². The van der Waals surface area contributed by atoms with Crippen LogP contribution < -0.4 is 5.69 Å². The Morgan fingerprint density at radius 2 is 2.24 bits per heavy atom. The summed E-state index contributed by atoms with van der Waals surface area (Å²) >= 11 is 1.14. The maximum atomic E-state index is 13.9. The molecule has 1 aromatic carbocycles. The van der Waals surface area contributed by atoms with Crippen LogP contribution in [-0.4, -0.2) is 19.7 Å². The summed E-state index contributed by atoms with van der Waals surface area (Å²) in [4.78, 5) is 21.5. The molecule has 2 rings (SSSR count). The zero-order chi connectivity index (χ0) is 15.6. The third kappa shape index (κ3) is 3.13. The normalized spacial score (nSPS) is 11.0. The zero-order valence-corrected chi connectivity index (χ0v) is 12.2. The van der Waals surface area contributed by atoms with Gasteiger partial charge in [0, 0.05) is 23.4 Å². The van der Waals surface area contributed by atoms with E-state index in [1.165, 1.54) is 16.7 Å². The molecular weight excluding hydrogens is 299 g/mol. The summed E-state index contributed by atoms with van der Waals surface area (Å²) in [6.07, 6.45) is 0. The van der Waals surface area contributed by atoms with Crippen molar-refractivity contribution >= 4 is 17.4 Å². The number of hydrogen-bond acceptors (Lipinski definition) is 5. The molecule has 21 heavy (non-hydrogen) atoms. The average molecular weight is 312 g/mol. The van der Waals surface area contributed by atoms with E-state index in [2.05, 4.69) is 10.2 Å². The molecular formula is C12H13FN4O3S. The molecule has 0 fully saturated rings. The molecule has 0 spiro atoms. The van der Waals surface area contributed by atoms with Crippen molar-refractivity contribution in [1.29, 1.82) is 0 Å². The Morgan fingerprint density at radius 1 is 1.52 bits per heavy atom. The molecule has 0 aliphatic heterocycles. The number of hydrogen-bond donors (Lipinski definition) is 1. The first-order valence-electron chi connectivity index (χ1n) is 6.13. The Hall–Kier alpha value is -2.16. The number of halogens is 1. The molecule has 0 saturated heterocycles. The Balaban J connectivity index is 2.23. The van der Waals surface area contributed by atoms with Crippen LogP contribution in [0.5, 0.6) is 0 Å².